The molecular formula is C15H14O3. The van der Waals surface area contributed by atoms with Gasteiger partial charge in [0.15, 0.2) is 0 Å². The van der Waals surface area contributed by atoms with Crippen molar-refractivity contribution in [1.29, 1.82) is 0 Å². The maximum absolute atomic E-state index is 10.8. The fourth-order valence-electron chi connectivity index (χ4n) is 1.53. The first-order valence-electron chi connectivity index (χ1n) is 5.69. The highest BCUT2D eigenvalue weighted by Crippen LogP contribution is 2.20. The van der Waals surface area contributed by atoms with Gasteiger partial charge in [0.25, 0.3) is 0 Å². The lowest BCUT2D eigenvalue weighted by atomic mass is 10.2. The summed E-state index contributed by atoms with van der Waals surface area (Å²) in [5.41, 5.74) is 1.09. The summed E-state index contributed by atoms with van der Waals surface area (Å²) in [5, 5.41) is 0. The third kappa shape index (κ3) is 3.63. The van der Waals surface area contributed by atoms with Crippen LogP contribution in [0.15, 0.2) is 54.6 Å². The van der Waals surface area contributed by atoms with Gasteiger partial charge >= 0.3 is 5.97 Å². The Morgan fingerprint density at radius 3 is 2.44 bits per heavy atom. The molecule has 0 saturated carbocycles. The fourth-order valence-corrected chi connectivity index (χ4v) is 1.53. The van der Waals surface area contributed by atoms with E-state index < -0.39 is 0 Å². The van der Waals surface area contributed by atoms with Gasteiger partial charge in [-0.15, -0.1) is 0 Å². The first kappa shape index (κ1) is 12.2. The largest absolute Gasteiger partial charge is 0.489 e. The SMILES string of the molecule is CC(=O)Oc1cccc(OCc2ccccc2)c1. The van der Waals surface area contributed by atoms with Crippen LogP contribution in [0.1, 0.15) is 12.5 Å². The number of ether oxygens (including phenoxy) is 2. The molecule has 0 unspecified atom stereocenters. The first-order valence-corrected chi connectivity index (χ1v) is 5.69. The van der Waals surface area contributed by atoms with E-state index in [1.807, 2.05) is 36.4 Å². The van der Waals surface area contributed by atoms with E-state index >= 15 is 0 Å². The quantitative estimate of drug-likeness (QED) is 0.610. The van der Waals surface area contributed by atoms with Gasteiger partial charge in [0.2, 0.25) is 0 Å². The van der Waals surface area contributed by atoms with Crippen molar-refractivity contribution in [3.8, 4) is 11.5 Å². The van der Waals surface area contributed by atoms with E-state index in [1.165, 1.54) is 6.92 Å². The molecule has 0 saturated heterocycles. The Labute approximate surface area is 106 Å². The predicted octanol–water partition coefficient (Wildman–Crippen LogP) is 3.19. The standard InChI is InChI=1S/C15H14O3/c1-12(16)18-15-9-5-8-14(10-15)17-11-13-6-3-2-4-7-13/h2-10H,11H2,1H3. The number of carbonyl (C=O) groups is 1. The molecule has 0 heterocycles. The molecule has 0 amide bonds. The van der Waals surface area contributed by atoms with Crippen LogP contribution in [0.2, 0.25) is 0 Å². The Bertz CT molecular complexity index is 520. The van der Waals surface area contributed by atoms with Crippen LogP contribution in [0.3, 0.4) is 0 Å². The highest BCUT2D eigenvalue weighted by atomic mass is 16.5. The number of esters is 1. The van der Waals surface area contributed by atoms with Crippen molar-refractivity contribution >= 4 is 5.97 Å². The molecule has 0 radical (unpaired) electrons. The summed E-state index contributed by atoms with van der Waals surface area (Å²) in [4.78, 5) is 10.8. The van der Waals surface area contributed by atoms with Crippen molar-refractivity contribution in [2.24, 2.45) is 0 Å². The van der Waals surface area contributed by atoms with Gasteiger partial charge < -0.3 is 9.47 Å². The summed E-state index contributed by atoms with van der Waals surface area (Å²) < 4.78 is 10.6. The molecule has 2 aromatic rings. The fraction of sp³-hybridized carbons (Fsp3) is 0.133. The van der Waals surface area contributed by atoms with E-state index in [2.05, 4.69) is 0 Å². The normalized spacial score (nSPS) is 9.83. The Hall–Kier alpha value is -2.29. The predicted molar refractivity (Wildman–Crippen MR) is 68.5 cm³/mol. The van der Waals surface area contributed by atoms with E-state index in [0.29, 0.717) is 18.1 Å². The smallest absolute Gasteiger partial charge is 0.308 e. The van der Waals surface area contributed by atoms with Crippen LogP contribution in [0.4, 0.5) is 0 Å². The highest BCUT2D eigenvalue weighted by molar-refractivity contribution is 5.69. The Morgan fingerprint density at radius 1 is 1.00 bits per heavy atom. The number of benzene rings is 2. The zero-order valence-electron chi connectivity index (χ0n) is 10.1. The van der Waals surface area contributed by atoms with Gasteiger partial charge in [0.1, 0.15) is 18.1 Å². The van der Waals surface area contributed by atoms with Crippen LogP contribution in [-0.2, 0) is 11.4 Å². The number of hydrogen-bond donors (Lipinski definition) is 0. The van der Waals surface area contributed by atoms with Crippen LogP contribution in [0.5, 0.6) is 11.5 Å². The van der Waals surface area contributed by atoms with Crippen molar-refractivity contribution in [2.45, 2.75) is 13.5 Å². The van der Waals surface area contributed by atoms with Crippen LogP contribution >= 0.6 is 0 Å². The van der Waals surface area contributed by atoms with Crippen molar-refractivity contribution < 1.29 is 14.3 Å². The molecule has 0 aromatic heterocycles. The minimum absolute atomic E-state index is 0.338. The van der Waals surface area contributed by atoms with Crippen molar-refractivity contribution in [3.63, 3.8) is 0 Å². The lowest BCUT2D eigenvalue weighted by molar-refractivity contribution is -0.131. The highest BCUT2D eigenvalue weighted by Gasteiger charge is 2.01. The van der Waals surface area contributed by atoms with Crippen molar-refractivity contribution in [2.75, 3.05) is 0 Å². The average molecular weight is 242 g/mol. The van der Waals surface area contributed by atoms with E-state index in [4.69, 9.17) is 9.47 Å². The Morgan fingerprint density at radius 2 is 1.72 bits per heavy atom. The van der Waals surface area contributed by atoms with Crippen molar-refractivity contribution in [3.05, 3.63) is 60.2 Å². The lowest BCUT2D eigenvalue weighted by Crippen LogP contribution is -2.01. The Balaban J connectivity index is 1.99. The minimum atomic E-state index is -0.338. The van der Waals surface area contributed by atoms with Gasteiger partial charge in [-0.25, -0.2) is 0 Å². The molecule has 0 atom stereocenters. The van der Waals surface area contributed by atoms with E-state index in [-0.39, 0.29) is 5.97 Å². The lowest BCUT2D eigenvalue weighted by Gasteiger charge is -2.07. The van der Waals surface area contributed by atoms with Crippen LogP contribution < -0.4 is 9.47 Å². The summed E-state index contributed by atoms with van der Waals surface area (Å²) >= 11 is 0. The summed E-state index contributed by atoms with van der Waals surface area (Å²) in [6.45, 7) is 1.86. The molecule has 0 aliphatic carbocycles. The molecule has 0 fully saturated rings. The van der Waals surface area contributed by atoms with Crippen LogP contribution in [0, 0.1) is 0 Å². The molecule has 0 aliphatic rings. The minimum Gasteiger partial charge on any atom is -0.489 e. The summed E-state index contributed by atoms with van der Waals surface area (Å²) in [6, 6.07) is 16.9. The number of rotatable bonds is 4. The van der Waals surface area contributed by atoms with Gasteiger partial charge in [-0.3, -0.25) is 4.79 Å². The molecular weight excluding hydrogens is 228 g/mol. The van der Waals surface area contributed by atoms with Gasteiger partial charge in [-0.2, -0.15) is 0 Å². The molecule has 92 valence electrons. The number of hydrogen-bond acceptors (Lipinski definition) is 3. The summed E-state index contributed by atoms with van der Waals surface area (Å²) in [6.07, 6.45) is 0. The molecule has 2 aromatic carbocycles. The maximum atomic E-state index is 10.8. The Kier molecular flexibility index (Phi) is 3.97. The molecule has 18 heavy (non-hydrogen) atoms. The first-order chi connectivity index (χ1) is 8.74. The number of carbonyl (C=O) groups excluding carboxylic acids is 1. The third-order valence-corrected chi connectivity index (χ3v) is 2.32. The summed E-state index contributed by atoms with van der Waals surface area (Å²) in [5.74, 6) is 0.834. The molecule has 0 bridgehead atoms. The second-order valence-electron chi connectivity index (χ2n) is 3.84. The molecule has 3 heteroatoms. The van der Waals surface area contributed by atoms with E-state index in [0.717, 1.165) is 5.56 Å². The topological polar surface area (TPSA) is 35.5 Å². The molecule has 3 nitrogen and oxygen atoms in total. The van der Waals surface area contributed by atoms with E-state index in [9.17, 15) is 4.79 Å². The van der Waals surface area contributed by atoms with Gasteiger partial charge in [-0.05, 0) is 17.7 Å². The van der Waals surface area contributed by atoms with E-state index in [1.54, 1.807) is 18.2 Å². The van der Waals surface area contributed by atoms with Gasteiger partial charge in [0.05, 0.1) is 0 Å². The monoisotopic (exact) mass is 242 g/mol. The maximum Gasteiger partial charge on any atom is 0.308 e. The summed E-state index contributed by atoms with van der Waals surface area (Å²) in [7, 11) is 0. The van der Waals surface area contributed by atoms with Gasteiger partial charge in [0, 0.05) is 13.0 Å². The van der Waals surface area contributed by atoms with Crippen LogP contribution in [0.25, 0.3) is 0 Å². The second-order valence-corrected chi connectivity index (χ2v) is 3.84. The zero-order valence-corrected chi connectivity index (χ0v) is 10.1. The van der Waals surface area contributed by atoms with Gasteiger partial charge in [-0.1, -0.05) is 36.4 Å². The molecule has 0 spiro atoms. The zero-order chi connectivity index (χ0) is 12.8. The van der Waals surface area contributed by atoms with Crippen LogP contribution in [-0.4, -0.2) is 5.97 Å². The second kappa shape index (κ2) is 5.87. The molecule has 0 N–H and O–H groups in total. The molecule has 0 aliphatic heterocycles. The molecule has 2 rings (SSSR count). The third-order valence-electron chi connectivity index (χ3n) is 2.32. The van der Waals surface area contributed by atoms with Crippen molar-refractivity contribution in [1.82, 2.24) is 0 Å². The average Bonchev–Trinajstić information content (AvgIpc) is 2.37.